The average Bonchev–Trinajstić information content (AvgIpc) is 1.81. The third-order valence-electron chi connectivity index (χ3n) is 0.829. The van der Waals surface area contributed by atoms with Gasteiger partial charge < -0.3 is 27.8 Å². The Morgan fingerprint density at radius 3 is 2.18 bits per heavy atom. The zero-order valence-electron chi connectivity index (χ0n) is 6.12. The van der Waals surface area contributed by atoms with E-state index in [1.807, 2.05) is 0 Å². The van der Waals surface area contributed by atoms with Crippen LogP contribution < -0.4 is 10.4 Å². The molecule has 1 amide bonds. The average molecular weight is 227 g/mol. The quantitative estimate of drug-likeness (QED) is 0.438. The van der Waals surface area contributed by atoms with Crippen LogP contribution >= 0.6 is 0 Å². The van der Waals surface area contributed by atoms with Crippen molar-refractivity contribution in [3.05, 3.63) is 0 Å². The number of carbonyl (C=O) groups excluding carboxylic acids is 2. The van der Waals surface area contributed by atoms with Crippen molar-refractivity contribution in [2.45, 2.75) is 13.0 Å². The molecule has 6 heteroatoms. The Morgan fingerprint density at radius 1 is 1.64 bits per heavy atom. The predicted molar refractivity (Wildman–Crippen MR) is 34.8 cm³/mol. The number of amides is 1. The predicted octanol–water partition coefficient (Wildman–Crippen LogP) is -2.21. The minimum absolute atomic E-state index is 0. The van der Waals surface area contributed by atoms with Gasteiger partial charge in [0.15, 0.2) is 0 Å². The van der Waals surface area contributed by atoms with Gasteiger partial charge in [-0.15, -0.1) is 0 Å². The number of rotatable bonds is 3. The van der Waals surface area contributed by atoms with E-state index < -0.39 is 17.9 Å². The first-order valence-electron chi connectivity index (χ1n) is 2.64. The Hall–Kier alpha value is -0.0866. The van der Waals surface area contributed by atoms with E-state index in [0.29, 0.717) is 0 Å². The maximum atomic E-state index is 10.3. The van der Waals surface area contributed by atoms with Crippen molar-refractivity contribution in [1.29, 1.82) is 0 Å². The standard InChI is InChI=1S/C5H9NO3S.Zn/c1-3(7)6-4(2-10)5(8)9;/h4,10H,2H2,1H3,(H,6,7)(H,8,9);/q;+2/p-2/t4-;/m0./s1. The summed E-state index contributed by atoms with van der Waals surface area (Å²) < 4.78 is 0. The molecule has 0 bridgehead atoms. The summed E-state index contributed by atoms with van der Waals surface area (Å²) in [5, 5.41) is 12.2. The van der Waals surface area contributed by atoms with Gasteiger partial charge in [-0.05, 0) is 0 Å². The second kappa shape index (κ2) is 6.61. The Balaban J connectivity index is 0. The number of nitrogens with one attached hydrogen (secondary N) is 1. The zero-order valence-corrected chi connectivity index (χ0v) is 9.91. The number of carboxylic acid groups (broad SMARTS) is 1. The van der Waals surface area contributed by atoms with Crippen LogP contribution in [0.4, 0.5) is 0 Å². The van der Waals surface area contributed by atoms with Crippen LogP contribution in [-0.2, 0) is 41.7 Å². The number of carboxylic acids is 1. The van der Waals surface area contributed by atoms with Gasteiger partial charge in [0.2, 0.25) is 5.91 Å². The molecule has 0 aliphatic carbocycles. The molecule has 0 fully saturated rings. The van der Waals surface area contributed by atoms with E-state index in [2.05, 4.69) is 17.9 Å². The smallest absolute Gasteiger partial charge is 0.790 e. The van der Waals surface area contributed by atoms with Crippen LogP contribution in [0, 0.1) is 0 Å². The molecule has 0 spiro atoms. The molecule has 11 heavy (non-hydrogen) atoms. The summed E-state index contributed by atoms with van der Waals surface area (Å²) in [5.41, 5.74) is 0. The molecule has 0 heterocycles. The first kappa shape index (κ1) is 13.5. The molecular formula is C5H7NO3SZn. The molecule has 0 aliphatic rings. The molecule has 0 aromatic carbocycles. The van der Waals surface area contributed by atoms with Crippen molar-refractivity contribution < 1.29 is 34.2 Å². The summed E-state index contributed by atoms with van der Waals surface area (Å²) in [6, 6.07) is -1.03. The topological polar surface area (TPSA) is 69.2 Å². The van der Waals surface area contributed by atoms with Crippen molar-refractivity contribution in [3.8, 4) is 0 Å². The number of carbonyl (C=O) groups is 2. The van der Waals surface area contributed by atoms with Crippen molar-refractivity contribution in [1.82, 2.24) is 5.32 Å². The van der Waals surface area contributed by atoms with Gasteiger partial charge in [-0.2, -0.15) is 5.75 Å². The van der Waals surface area contributed by atoms with Crippen LogP contribution in [0.3, 0.4) is 0 Å². The van der Waals surface area contributed by atoms with E-state index in [-0.39, 0.29) is 25.2 Å². The van der Waals surface area contributed by atoms with E-state index in [4.69, 9.17) is 0 Å². The molecule has 0 aromatic heterocycles. The molecule has 0 unspecified atom stereocenters. The molecule has 1 N–H and O–H groups in total. The van der Waals surface area contributed by atoms with Crippen LogP contribution in [0.1, 0.15) is 6.92 Å². The van der Waals surface area contributed by atoms with E-state index in [1.54, 1.807) is 0 Å². The number of aliphatic carboxylic acids is 1. The Bertz CT molecular complexity index is 153. The number of hydrogen-bond donors (Lipinski definition) is 1. The van der Waals surface area contributed by atoms with Crippen LogP contribution in [0.5, 0.6) is 0 Å². The molecule has 0 radical (unpaired) electrons. The molecule has 1 atom stereocenters. The van der Waals surface area contributed by atoms with Crippen molar-refractivity contribution in [2.24, 2.45) is 0 Å². The van der Waals surface area contributed by atoms with Gasteiger partial charge in [0.05, 0.1) is 5.97 Å². The van der Waals surface area contributed by atoms with Crippen molar-refractivity contribution >= 4 is 24.5 Å². The SMILES string of the molecule is CC(=O)N[C@@H](C[S-])C(=O)[O-].[Zn+2]. The second-order valence-corrected chi connectivity index (χ2v) is 2.07. The van der Waals surface area contributed by atoms with Crippen molar-refractivity contribution in [2.75, 3.05) is 5.75 Å². The first-order valence-corrected chi connectivity index (χ1v) is 3.21. The maximum Gasteiger partial charge on any atom is 2.00 e. The molecular weight excluding hydrogens is 220 g/mol. The first-order chi connectivity index (χ1) is 4.57. The van der Waals surface area contributed by atoms with Gasteiger partial charge in [0, 0.05) is 13.0 Å². The fourth-order valence-corrected chi connectivity index (χ4v) is 0.633. The molecule has 4 nitrogen and oxygen atoms in total. The molecule has 58 valence electrons. The molecule has 0 rings (SSSR count). The fraction of sp³-hybridized carbons (Fsp3) is 0.600. The summed E-state index contributed by atoms with van der Waals surface area (Å²) in [6.07, 6.45) is 0. The third kappa shape index (κ3) is 6.32. The Labute approximate surface area is 82.9 Å². The van der Waals surface area contributed by atoms with Crippen LogP contribution in [0.15, 0.2) is 0 Å². The van der Waals surface area contributed by atoms with Gasteiger partial charge in [0.25, 0.3) is 0 Å². The Morgan fingerprint density at radius 2 is 2.09 bits per heavy atom. The summed E-state index contributed by atoms with van der Waals surface area (Å²) in [7, 11) is 0. The summed E-state index contributed by atoms with van der Waals surface area (Å²) in [5.74, 6) is -1.83. The summed E-state index contributed by atoms with van der Waals surface area (Å²) in [6.45, 7) is 1.22. The van der Waals surface area contributed by atoms with Gasteiger partial charge in [-0.3, -0.25) is 4.79 Å². The minimum Gasteiger partial charge on any atom is -0.790 e. The van der Waals surface area contributed by atoms with E-state index in [1.165, 1.54) is 6.92 Å². The number of hydrogen-bond acceptors (Lipinski definition) is 4. The van der Waals surface area contributed by atoms with Crippen LogP contribution in [0.25, 0.3) is 0 Å². The van der Waals surface area contributed by atoms with E-state index >= 15 is 0 Å². The Kier molecular flexibility index (Phi) is 8.12. The molecule has 0 aliphatic heterocycles. The summed E-state index contributed by atoms with van der Waals surface area (Å²) in [4.78, 5) is 20.3. The summed E-state index contributed by atoms with van der Waals surface area (Å²) >= 11 is 4.43. The normalized spacial score (nSPS) is 11.1. The molecule has 0 saturated carbocycles. The van der Waals surface area contributed by atoms with Crippen molar-refractivity contribution in [3.63, 3.8) is 0 Å². The third-order valence-corrected chi connectivity index (χ3v) is 1.16. The van der Waals surface area contributed by atoms with Gasteiger partial charge in [0.1, 0.15) is 0 Å². The molecule has 0 saturated heterocycles. The monoisotopic (exact) mass is 225 g/mol. The fourth-order valence-electron chi connectivity index (χ4n) is 0.414. The van der Waals surface area contributed by atoms with Gasteiger partial charge >= 0.3 is 19.5 Å². The van der Waals surface area contributed by atoms with Gasteiger partial charge in [-0.1, -0.05) is 0 Å². The minimum atomic E-state index is -1.34. The van der Waals surface area contributed by atoms with Gasteiger partial charge in [-0.25, -0.2) is 0 Å². The molecule has 0 aromatic rings. The zero-order chi connectivity index (χ0) is 8.15. The van der Waals surface area contributed by atoms with E-state index in [0.717, 1.165) is 0 Å². The maximum absolute atomic E-state index is 10.3. The largest absolute Gasteiger partial charge is 2.00 e. The van der Waals surface area contributed by atoms with Crippen LogP contribution in [0.2, 0.25) is 0 Å². The van der Waals surface area contributed by atoms with Crippen LogP contribution in [-0.4, -0.2) is 23.7 Å². The van der Waals surface area contributed by atoms with E-state index in [9.17, 15) is 14.7 Å². The second-order valence-electron chi connectivity index (χ2n) is 1.74.